The van der Waals surface area contributed by atoms with E-state index in [4.69, 9.17) is 9.47 Å². The normalized spacial score (nSPS) is 17.9. The second-order valence-corrected chi connectivity index (χ2v) is 11.5. The molecule has 0 spiro atoms. The number of methoxy groups -OCH3 is 1. The smallest absolute Gasteiger partial charge is 0.319 e. The number of aromatic nitrogens is 2. The van der Waals surface area contributed by atoms with Crippen LogP contribution in [0, 0.1) is 4.91 Å². The van der Waals surface area contributed by atoms with Gasteiger partial charge in [-0.3, -0.25) is 0 Å². The molecule has 0 unspecified atom stereocenters. The van der Waals surface area contributed by atoms with Crippen LogP contribution in [0.3, 0.4) is 0 Å². The summed E-state index contributed by atoms with van der Waals surface area (Å²) in [5.41, 5.74) is -1.10. The SMILES string of the molecule is COc1c(CO)cc(S(F)(F)(F)(F)F)cc1NC(=O)NC1CCCCC1.O=Nc1ccnc(N2CCOCC2)n1. The molecular weight excluding hydrogens is 567 g/mol. The fourth-order valence-electron chi connectivity index (χ4n) is 4.23. The summed E-state index contributed by atoms with van der Waals surface area (Å²) in [5.74, 6) is 0.406. The van der Waals surface area contributed by atoms with Gasteiger partial charge in [0.1, 0.15) is 10.6 Å². The molecule has 0 bridgehead atoms. The van der Waals surface area contributed by atoms with E-state index in [-0.39, 0.29) is 29.7 Å². The number of rotatable bonds is 7. The Morgan fingerprint density at radius 3 is 2.42 bits per heavy atom. The molecule has 1 aliphatic carbocycles. The fraction of sp³-hybridized carbons (Fsp3) is 0.522. The molecule has 11 nitrogen and oxygen atoms in total. The summed E-state index contributed by atoms with van der Waals surface area (Å²) in [7, 11) is -8.90. The van der Waals surface area contributed by atoms with Crippen molar-refractivity contribution >= 4 is 33.7 Å². The van der Waals surface area contributed by atoms with Gasteiger partial charge in [-0.15, -0.1) is 4.91 Å². The summed E-state index contributed by atoms with van der Waals surface area (Å²) < 4.78 is 75.8. The lowest BCUT2D eigenvalue weighted by atomic mass is 9.96. The van der Waals surface area contributed by atoms with Crippen LogP contribution in [0.4, 0.5) is 41.7 Å². The van der Waals surface area contributed by atoms with Gasteiger partial charge in [-0.25, -0.2) is 9.78 Å². The average Bonchev–Trinajstić information content (AvgIpc) is 2.92. The van der Waals surface area contributed by atoms with E-state index in [0.717, 1.165) is 52.3 Å². The van der Waals surface area contributed by atoms with Crippen molar-refractivity contribution in [3.05, 3.63) is 34.9 Å². The van der Waals surface area contributed by atoms with Crippen molar-refractivity contribution in [2.75, 3.05) is 43.6 Å². The van der Waals surface area contributed by atoms with E-state index >= 15 is 0 Å². The molecule has 1 saturated heterocycles. The largest absolute Gasteiger partial charge is 0.494 e. The number of urea groups is 1. The Morgan fingerprint density at radius 2 is 1.85 bits per heavy atom. The minimum Gasteiger partial charge on any atom is -0.494 e. The highest BCUT2D eigenvalue weighted by Gasteiger charge is 2.65. The van der Waals surface area contributed by atoms with E-state index in [1.54, 1.807) is 0 Å². The lowest BCUT2D eigenvalue weighted by Gasteiger charge is -2.41. The van der Waals surface area contributed by atoms with E-state index in [0.29, 0.717) is 19.2 Å². The number of aliphatic hydroxyl groups excluding tert-OH is 1. The fourth-order valence-corrected chi connectivity index (χ4v) is 4.94. The zero-order chi connectivity index (χ0) is 29.5. The highest BCUT2D eigenvalue weighted by atomic mass is 32.5. The minimum absolute atomic E-state index is 0.125. The Morgan fingerprint density at radius 1 is 1.18 bits per heavy atom. The van der Waals surface area contributed by atoms with Crippen LogP contribution in [-0.4, -0.2) is 60.6 Å². The Kier molecular flexibility index (Phi) is 9.41. The number of benzene rings is 1. The summed E-state index contributed by atoms with van der Waals surface area (Å²) in [6, 6.07) is 0.783. The van der Waals surface area contributed by atoms with Crippen molar-refractivity contribution in [3.8, 4) is 5.75 Å². The maximum absolute atomic E-state index is 13.1. The number of amides is 2. The van der Waals surface area contributed by atoms with Crippen LogP contribution in [0.5, 0.6) is 5.75 Å². The molecule has 2 fully saturated rings. The molecule has 0 atom stereocenters. The number of morpholine rings is 1. The first-order chi connectivity index (χ1) is 18.7. The standard InChI is InChI=1S/C15H21F5N2O3S.C8H10N4O2/c1-25-14-10(9-23)7-12(26(16,17,18,19)20)8-13(14)22-15(24)21-11-5-3-2-4-6-11;13-11-7-1-2-9-8(10-7)12-3-5-14-6-4-12/h7-8,11,23H,2-6,9H2,1H3,(H2,21,22,24);1-2H,3-6H2. The van der Waals surface area contributed by atoms with Crippen LogP contribution in [0.1, 0.15) is 37.7 Å². The van der Waals surface area contributed by atoms with Gasteiger partial charge in [-0.1, -0.05) is 38.7 Å². The van der Waals surface area contributed by atoms with Gasteiger partial charge in [0, 0.05) is 37.0 Å². The van der Waals surface area contributed by atoms with E-state index < -0.39 is 39.0 Å². The second-order valence-electron chi connectivity index (χ2n) is 9.13. The van der Waals surface area contributed by atoms with Gasteiger partial charge in [0.15, 0.2) is 0 Å². The molecule has 224 valence electrons. The molecule has 2 aromatic rings. The zero-order valence-electron chi connectivity index (χ0n) is 21.6. The van der Waals surface area contributed by atoms with Gasteiger partial charge in [-0.05, 0) is 30.2 Å². The van der Waals surface area contributed by atoms with Crippen molar-refractivity contribution in [1.29, 1.82) is 0 Å². The molecule has 1 aliphatic heterocycles. The number of nitroso groups, excluding NO2 is 1. The monoisotopic (exact) mass is 598 g/mol. The summed E-state index contributed by atoms with van der Waals surface area (Å²) in [6.45, 7) is 1.87. The predicted molar refractivity (Wildman–Crippen MR) is 140 cm³/mol. The number of ether oxygens (including phenoxy) is 2. The molecule has 2 aliphatic rings. The van der Waals surface area contributed by atoms with Crippen molar-refractivity contribution in [3.63, 3.8) is 0 Å². The number of carbonyl (C=O) groups excluding carboxylic acids is 1. The van der Waals surface area contributed by atoms with Crippen molar-refractivity contribution < 1.29 is 38.8 Å². The van der Waals surface area contributed by atoms with Crippen LogP contribution in [0.2, 0.25) is 0 Å². The summed E-state index contributed by atoms with van der Waals surface area (Å²) in [6.07, 6.45) is 5.88. The van der Waals surface area contributed by atoms with Gasteiger partial charge in [0.25, 0.3) is 0 Å². The third kappa shape index (κ3) is 8.85. The number of carbonyl (C=O) groups is 1. The molecule has 1 aromatic carbocycles. The molecule has 17 heteroatoms. The molecular formula is C23H31F5N6O5S. The van der Waals surface area contributed by atoms with Crippen molar-refractivity contribution in [1.82, 2.24) is 15.3 Å². The van der Waals surface area contributed by atoms with Crippen molar-refractivity contribution in [2.24, 2.45) is 5.18 Å². The Labute approximate surface area is 227 Å². The van der Waals surface area contributed by atoms with Crippen LogP contribution in [0.25, 0.3) is 0 Å². The second kappa shape index (κ2) is 12.1. The number of hydrogen-bond donors (Lipinski definition) is 3. The zero-order valence-corrected chi connectivity index (χ0v) is 22.4. The Balaban J connectivity index is 0.000000263. The Bertz CT molecular complexity index is 1200. The topological polar surface area (TPSA) is 138 Å². The molecule has 4 rings (SSSR count). The first-order valence-corrected chi connectivity index (χ1v) is 14.3. The van der Waals surface area contributed by atoms with Crippen LogP contribution >= 0.6 is 10.2 Å². The van der Waals surface area contributed by atoms with Gasteiger partial charge < -0.3 is 30.1 Å². The summed E-state index contributed by atoms with van der Waals surface area (Å²) in [4.78, 5) is 30.2. The van der Waals surface area contributed by atoms with Crippen LogP contribution in [0.15, 0.2) is 34.5 Å². The molecule has 40 heavy (non-hydrogen) atoms. The van der Waals surface area contributed by atoms with Gasteiger partial charge >= 0.3 is 16.3 Å². The number of anilines is 2. The number of halogens is 5. The molecule has 2 heterocycles. The molecule has 1 saturated carbocycles. The van der Waals surface area contributed by atoms with Gasteiger partial charge in [0.2, 0.25) is 11.8 Å². The summed E-state index contributed by atoms with van der Waals surface area (Å²) in [5, 5.41) is 16.7. The van der Waals surface area contributed by atoms with Gasteiger partial charge in [-0.2, -0.15) is 4.98 Å². The molecule has 3 N–H and O–H groups in total. The lowest BCUT2D eigenvalue weighted by Crippen LogP contribution is -2.39. The molecule has 1 aromatic heterocycles. The number of nitrogens with zero attached hydrogens (tertiary/aromatic N) is 4. The highest BCUT2D eigenvalue weighted by Crippen LogP contribution is 3.02. The molecule has 0 radical (unpaired) electrons. The number of hydrogen-bond acceptors (Lipinski definition) is 9. The van der Waals surface area contributed by atoms with Gasteiger partial charge in [0.05, 0.1) is 32.6 Å². The van der Waals surface area contributed by atoms with E-state index in [1.165, 1.54) is 12.3 Å². The third-order valence-corrected chi connectivity index (χ3v) is 7.29. The number of aliphatic hydroxyl groups is 1. The summed E-state index contributed by atoms with van der Waals surface area (Å²) >= 11 is 0. The number of nitrogens with one attached hydrogen (secondary N) is 2. The van der Waals surface area contributed by atoms with E-state index in [2.05, 4.69) is 25.8 Å². The Hall–Kier alpha value is -3.31. The predicted octanol–water partition coefficient (Wildman–Crippen LogP) is 6.01. The average molecular weight is 599 g/mol. The lowest BCUT2D eigenvalue weighted by molar-refractivity contribution is 0.122. The highest BCUT2D eigenvalue weighted by molar-refractivity contribution is 8.45. The first-order valence-electron chi connectivity index (χ1n) is 12.4. The first kappa shape index (κ1) is 31.2. The van der Waals surface area contributed by atoms with Crippen LogP contribution in [-0.2, 0) is 11.3 Å². The molecule has 2 amide bonds. The third-order valence-electron chi connectivity index (χ3n) is 6.16. The maximum Gasteiger partial charge on any atom is 0.319 e. The van der Waals surface area contributed by atoms with E-state index in [9.17, 15) is 34.2 Å². The van der Waals surface area contributed by atoms with Crippen molar-refractivity contribution in [2.45, 2.75) is 49.6 Å². The van der Waals surface area contributed by atoms with E-state index in [1.807, 2.05) is 4.90 Å². The quantitative estimate of drug-likeness (QED) is 0.260. The minimum atomic E-state index is -10.00. The maximum atomic E-state index is 13.1. The van der Waals surface area contributed by atoms with Crippen LogP contribution < -0.4 is 20.3 Å².